The Morgan fingerprint density at radius 1 is 1.39 bits per heavy atom. The number of Topliss-reactive ketones (excluding diaryl/α,β-unsaturated/α-hetero) is 1. The summed E-state index contributed by atoms with van der Waals surface area (Å²) in [4.78, 5) is 20.9. The fraction of sp³-hybridized carbons (Fsp3) is 0.267. The number of fused-ring (bicyclic) bond motifs is 1. The minimum absolute atomic E-state index is 0.0928. The van der Waals surface area contributed by atoms with Crippen LogP contribution in [0.3, 0.4) is 0 Å². The number of ketones is 1. The zero-order valence-corrected chi connectivity index (χ0v) is 10.3. The number of carbonyl (C=O) groups is 1. The quantitative estimate of drug-likeness (QED) is 0.755. The molecule has 3 heteroatoms. The molecular weight excluding hydrogens is 224 g/mol. The molecule has 18 heavy (non-hydrogen) atoms. The van der Waals surface area contributed by atoms with Gasteiger partial charge in [0, 0.05) is 24.2 Å². The van der Waals surface area contributed by atoms with Gasteiger partial charge in [-0.2, -0.15) is 0 Å². The summed E-state index contributed by atoms with van der Waals surface area (Å²) in [5.74, 6) is 0.0495. The van der Waals surface area contributed by atoms with E-state index in [0.717, 1.165) is 24.1 Å². The molecule has 0 fully saturated rings. The van der Waals surface area contributed by atoms with E-state index in [-0.39, 0.29) is 11.7 Å². The first-order valence-electron chi connectivity index (χ1n) is 6.15. The largest absolute Gasteiger partial charge is 0.293 e. The summed E-state index contributed by atoms with van der Waals surface area (Å²) >= 11 is 0. The molecule has 3 nitrogen and oxygen atoms in total. The van der Waals surface area contributed by atoms with Crippen LogP contribution in [-0.2, 0) is 6.42 Å². The average Bonchev–Trinajstić information content (AvgIpc) is 2.82. The first kappa shape index (κ1) is 11.1. The van der Waals surface area contributed by atoms with E-state index in [1.54, 1.807) is 18.6 Å². The molecule has 0 N–H and O–H groups in total. The predicted molar refractivity (Wildman–Crippen MR) is 68.6 cm³/mol. The summed E-state index contributed by atoms with van der Waals surface area (Å²) in [6, 6.07) is 5.89. The lowest BCUT2D eigenvalue weighted by molar-refractivity contribution is 0.0957. The fourth-order valence-electron chi connectivity index (χ4n) is 2.56. The van der Waals surface area contributed by atoms with Crippen LogP contribution in [0.15, 0.2) is 36.8 Å². The van der Waals surface area contributed by atoms with Gasteiger partial charge >= 0.3 is 0 Å². The Labute approximate surface area is 106 Å². The van der Waals surface area contributed by atoms with Crippen molar-refractivity contribution in [2.75, 3.05) is 0 Å². The summed E-state index contributed by atoms with van der Waals surface area (Å²) in [7, 11) is 0. The van der Waals surface area contributed by atoms with Crippen LogP contribution in [0.2, 0.25) is 0 Å². The number of aromatic nitrogens is 2. The normalized spacial score (nSPS) is 17.5. The van der Waals surface area contributed by atoms with Gasteiger partial charge < -0.3 is 0 Å². The first-order valence-corrected chi connectivity index (χ1v) is 6.15. The van der Waals surface area contributed by atoms with Gasteiger partial charge in [0.15, 0.2) is 5.78 Å². The summed E-state index contributed by atoms with van der Waals surface area (Å²) in [6.07, 6.45) is 6.98. The van der Waals surface area contributed by atoms with Crippen molar-refractivity contribution in [2.45, 2.75) is 25.7 Å². The van der Waals surface area contributed by atoms with Gasteiger partial charge in [0.25, 0.3) is 0 Å². The number of pyridine rings is 2. The number of rotatable bonds is 2. The third kappa shape index (κ3) is 1.82. The molecule has 0 aliphatic heterocycles. The monoisotopic (exact) mass is 238 g/mol. The molecule has 1 aliphatic rings. The molecule has 90 valence electrons. The van der Waals surface area contributed by atoms with E-state index < -0.39 is 0 Å². The van der Waals surface area contributed by atoms with Crippen LogP contribution in [-0.4, -0.2) is 15.8 Å². The Hall–Kier alpha value is -2.03. The Morgan fingerprint density at radius 2 is 2.28 bits per heavy atom. The highest BCUT2D eigenvalue weighted by Crippen LogP contribution is 2.33. The van der Waals surface area contributed by atoms with Crippen molar-refractivity contribution >= 4 is 5.78 Å². The second-order valence-electron chi connectivity index (χ2n) is 4.75. The minimum atomic E-state index is -0.0928. The van der Waals surface area contributed by atoms with E-state index in [1.165, 1.54) is 5.56 Å². The lowest BCUT2D eigenvalue weighted by Gasteiger charge is -2.09. The van der Waals surface area contributed by atoms with Gasteiger partial charge in [-0.05, 0) is 43.0 Å². The van der Waals surface area contributed by atoms with Crippen LogP contribution in [0.4, 0.5) is 0 Å². The van der Waals surface area contributed by atoms with Crippen molar-refractivity contribution in [3.05, 3.63) is 59.2 Å². The number of hydrogen-bond donors (Lipinski definition) is 0. The fourth-order valence-corrected chi connectivity index (χ4v) is 2.56. The molecule has 0 radical (unpaired) electrons. The van der Waals surface area contributed by atoms with Crippen LogP contribution >= 0.6 is 0 Å². The first-order chi connectivity index (χ1) is 8.75. The molecule has 2 heterocycles. The molecular formula is C15H14N2O. The van der Waals surface area contributed by atoms with E-state index in [9.17, 15) is 4.79 Å². The molecule has 2 aromatic rings. The maximum absolute atomic E-state index is 12.5. The van der Waals surface area contributed by atoms with Crippen LogP contribution in [0, 0.1) is 6.92 Å². The van der Waals surface area contributed by atoms with Crippen LogP contribution in [0.1, 0.15) is 39.5 Å². The van der Waals surface area contributed by atoms with E-state index in [2.05, 4.69) is 16.0 Å². The average molecular weight is 238 g/mol. The second-order valence-corrected chi connectivity index (χ2v) is 4.75. The zero-order valence-electron chi connectivity index (χ0n) is 10.3. The molecule has 1 unspecified atom stereocenters. The Bertz CT molecular complexity index is 607. The summed E-state index contributed by atoms with van der Waals surface area (Å²) < 4.78 is 0. The number of carbonyl (C=O) groups excluding carboxylic acids is 1. The zero-order chi connectivity index (χ0) is 12.5. The lowest BCUT2D eigenvalue weighted by atomic mass is 9.96. The molecule has 1 atom stereocenters. The molecule has 3 rings (SSSR count). The smallest absolute Gasteiger partial charge is 0.173 e. The van der Waals surface area contributed by atoms with Crippen molar-refractivity contribution < 1.29 is 4.79 Å². The highest BCUT2D eigenvalue weighted by molar-refractivity contribution is 6.01. The van der Waals surface area contributed by atoms with Gasteiger partial charge in [0.05, 0.1) is 11.6 Å². The molecule has 0 saturated heterocycles. The maximum Gasteiger partial charge on any atom is 0.173 e. The second kappa shape index (κ2) is 4.33. The number of nitrogens with zero attached hydrogens (tertiary/aromatic N) is 2. The third-order valence-corrected chi connectivity index (χ3v) is 3.43. The Balaban J connectivity index is 1.96. The van der Waals surface area contributed by atoms with Crippen molar-refractivity contribution in [3.63, 3.8) is 0 Å². The summed E-state index contributed by atoms with van der Waals surface area (Å²) in [6.45, 7) is 1.95. The van der Waals surface area contributed by atoms with E-state index in [1.807, 2.05) is 19.1 Å². The number of hydrogen-bond acceptors (Lipinski definition) is 3. The van der Waals surface area contributed by atoms with E-state index >= 15 is 0 Å². The van der Waals surface area contributed by atoms with Gasteiger partial charge in [-0.25, -0.2) is 0 Å². The van der Waals surface area contributed by atoms with Gasteiger partial charge in [0.1, 0.15) is 0 Å². The molecule has 2 aromatic heterocycles. The Morgan fingerprint density at radius 3 is 3.11 bits per heavy atom. The predicted octanol–water partition coefficient (Wildman–Crippen LogP) is 2.70. The van der Waals surface area contributed by atoms with E-state index in [0.29, 0.717) is 5.56 Å². The van der Waals surface area contributed by atoms with Crippen LogP contribution in [0.25, 0.3) is 0 Å². The molecule has 0 amide bonds. The van der Waals surface area contributed by atoms with Crippen LogP contribution < -0.4 is 0 Å². The Kier molecular flexibility index (Phi) is 2.67. The van der Waals surface area contributed by atoms with E-state index in [4.69, 9.17) is 0 Å². The van der Waals surface area contributed by atoms with Gasteiger partial charge in [-0.15, -0.1) is 0 Å². The summed E-state index contributed by atoms with van der Waals surface area (Å²) in [5, 5.41) is 0. The lowest BCUT2D eigenvalue weighted by Crippen LogP contribution is -2.11. The highest BCUT2D eigenvalue weighted by atomic mass is 16.1. The van der Waals surface area contributed by atoms with Crippen molar-refractivity contribution in [1.29, 1.82) is 0 Å². The highest BCUT2D eigenvalue weighted by Gasteiger charge is 2.30. The minimum Gasteiger partial charge on any atom is -0.293 e. The molecule has 1 aliphatic carbocycles. The van der Waals surface area contributed by atoms with Gasteiger partial charge in [-0.3, -0.25) is 14.8 Å². The van der Waals surface area contributed by atoms with Crippen molar-refractivity contribution in [2.24, 2.45) is 0 Å². The molecule has 0 saturated carbocycles. The molecule has 0 aromatic carbocycles. The maximum atomic E-state index is 12.5. The number of aryl methyl sites for hydroxylation is 2. The van der Waals surface area contributed by atoms with Crippen molar-refractivity contribution in [3.8, 4) is 0 Å². The standard InChI is InChI=1S/C15H14N2O/c1-10-7-12(9-16-8-10)15(18)13-5-4-11-3-2-6-17-14(11)13/h2-3,6-9,13H,4-5H2,1H3. The van der Waals surface area contributed by atoms with Gasteiger partial charge in [-0.1, -0.05) is 6.07 Å². The molecule has 0 spiro atoms. The van der Waals surface area contributed by atoms with Crippen LogP contribution in [0.5, 0.6) is 0 Å². The SMILES string of the molecule is Cc1cncc(C(=O)C2CCc3cccnc32)c1. The summed E-state index contributed by atoms with van der Waals surface area (Å²) in [5.41, 5.74) is 3.86. The van der Waals surface area contributed by atoms with Crippen molar-refractivity contribution in [1.82, 2.24) is 9.97 Å². The van der Waals surface area contributed by atoms with Gasteiger partial charge in [0.2, 0.25) is 0 Å². The third-order valence-electron chi connectivity index (χ3n) is 3.43. The topological polar surface area (TPSA) is 42.9 Å². The molecule has 0 bridgehead atoms.